The second-order valence-electron chi connectivity index (χ2n) is 4.11. The molecule has 0 amide bonds. The van der Waals surface area contributed by atoms with E-state index in [1.807, 2.05) is 32.3 Å². The number of aromatic nitrogens is 2. The first-order valence-electron chi connectivity index (χ1n) is 5.76. The van der Waals surface area contributed by atoms with Crippen molar-refractivity contribution in [1.82, 2.24) is 15.1 Å². The summed E-state index contributed by atoms with van der Waals surface area (Å²) in [6.07, 6.45) is 1.71. The first kappa shape index (κ1) is 14.4. The van der Waals surface area contributed by atoms with Crippen LogP contribution < -0.4 is 10.1 Å². The molecule has 0 bridgehead atoms. The Morgan fingerprint density at radius 2 is 2.21 bits per heavy atom. The normalized spacial score (nSPS) is 12.5. The predicted molar refractivity (Wildman–Crippen MR) is 79.8 cm³/mol. The highest BCUT2D eigenvalue weighted by molar-refractivity contribution is 9.10. The van der Waals surface area contributed by atoms with Crippen molar-refractivity contribution in [2.45, 2.75) is 6.04 Å². The third-order valence-electron chi connectivity index (χ3n) is 3.00. The van der Waals surface area contributed by atoms with Crippen molar-refractivity contribution in [3.05, 3.63) is 45.1 Å². The Hall–Kier alpha value is -1.04. The van der Waals surface area contributed by atoms with Crippen molar-refractivity contribution < 1.29 is 4.74 Å². The van der Waals surface area contributed by atoms with Gasteiger partial charge in [0.2, 0.25) is 0 Å². The smallest absolute Gasteiger partial charge is 0.161 e. The molecule has 4 nitrogen and oxygen atoms in total. The Morgan fingerprint density at radius 1 is 1.47 bits per heavy atom. The summed E-state index contributed by atoms with van der Waals surface area (Å²) in [7, 11) is 5.44. The van der Waals surface area contributed by atoms with Crippen LogP contribution in [-0.4, -0.2) is 23.9 Å². The van der Waals surface area contributed by atoms with Gasteiger partial charge in [0.05, 0.1) is 19.3 Å². The minimum Gasteiger partial charge on any atom is -0.493 e. The third-order valence-corrected chi connectivity index (χ3v) is 3.93. The number of hydrogen-bond acceptors (Lipinski definition) is 3. The van der Waals surface area contributed by atoms with Gasteiger partial charge >= 0.3 is 0 Å². The zero-order valence-corrected chi connectivity index (χ0v) is 13.3. The minimum absolute atomic E-state index is 0.0332. The van der Waals surface area contributed by atoms with Gasteiger partial charge in [-0.25, -0.2) is 0 Å². The number of hydrogen-bond donors (Lipinski definition) is 1. The molecule has 2 rings (SSSR count). The molecule has 0 aliphatic carbocycles. The predicted octanol–water partition coefficient (Wildman–Crippen LogP) is 3.15. The summed E-state index contributed by atoms with van der Waals surface area (Å²) in [5.74, 6) is 0.753. The maximum Gasteiger partial charge on any atom is 0.161 e. The van der Waals surface area contributed by atoms with E-state index >= 15 is 0 Å². The van der Waals surface area contributed by atoms with E-state index in [9.17, 15) is 0 Å². The Labute approximate surface area is 125 Å². The second kappa shape index (κ2) is 5.94. The molecule has 2 aromatic rings. The molecule has 19 heavy (non-hydrogen) atoms. The fourth-order valence-electron chi connectivity index (χ4n) is 2.09. The monoisotopic (exact) mass is 343 g/mol. The van der Waals surface area contributed by atoms with Crippen molar-refractivity contribution in [2.24, 2.45) is 7.05 Å². The van der Waals surface area contributed by atoms with Gasteiger partial charge in [0.1, 0.15) is 5.69 Å². The molecule has 102 valence electrons. The van der Waals surface area contributed by atoms with Crippen molar-refractivity contribution in [1.29, 1.82) is 0 Å². The second-order valence-corrected chi connectivity index (χ2v) is 5.40. The molecule has 0 fully saturated rings. The quantitative estimate of drug-likeness (QED) is 0.926. The number of rotatable bonds is 4. The molecule has 0 aliphatic heterocycles. The first-order chi connectivity index (χ1) is 9.08. The van der Waals surface area contributed by atoms with Crippen LogP contribution in [0.4, 0.5) is 0 Å². The number of nitrogens with one attached hydrogen (secondary N) is 1. The van der Waals surface area contributed by atoms with Crippen LogP contribution in [0.25, 0.3) is 0 Å². The van der Waals surface area contributed by atoms with Gasteiger partial charge in [0, 0.05) is 16.5 Å². The third kappa shape index (κ3) is 2.78. The summed E-state index contributed by atoms with van der Waals surface area (Å²) in [4.78, 5) is 0. The lowest BCUT2D eigenvalue weighted by atomic mass is 10.0. The zero-order valence-electron chi connectivity index (χ0n) is 10.9. The molecule has 1 atom stereocenters. The van der Waals surface area contributed by atoms with E-state index in [1.165, 1.54) is 0 Å². The first-order valence-corrected chi connectivity index (χ1v) is 6.93. The Morgan fingerprint density at radius 3 is 2.79 bits per heavy atom. The van der Waals surface area contributed by atoms with Crippen molar-refractivity contribution in [3.8, 4) is 5.75 Å². The van der Waals surface area contributed by atoms with Gasteiger partial charge in [-0.2, -0.15) is 5.10 Å². The van der Waals surface area contributed by atoms with Crippen LogP contribution in [0.3, 0.4) is 0 Å². The summed E-state index contributed by atoms with van der Waals surface area (Å²) >= 11 is 9.54. The molecule has 1 aromatic carbocycles. The molecule has 1 unspecified atom stereocenters. The van der Waals surface area contributed by atoms with Crippen LogP contribution >= 0.6 is 27.5 Å². The molecular weight excluding hydrogens is 330 g/mol. The van der Waals surface area contributed by atoms with E-state index in [0.29, 0.717) is 5.02 Å². The lowest BCUT2D eigenvalue weighted by molar-refractivity contribution is 0.402. The van der Waals surface area contributed by atoms with Crippen LogP contribution in [0.5, 0.6) is 5.75 Å². The van der Waals surface area contributed by atoms with Gasteiger partial charge in [-0.05, 0) is 24.7 Å². The average molecular weight is 345 g/mol. The van der Waals surface area contributed by atoms with Crippen LogP contribution in [0, 0.1) is 0 Å². The highest BCUT2D eigenvalue weighted by Crippen LogP contribution is 2.34. The highest BCUT2D eigenvalue weighted by atomic mass is 79.9. The van der Waals surface area contributed by atoms with Crippen LogP contribution in [0.1, 0.15) is 17.3 Å². The number of aryl methyl sites for hydroxylation is 1. The van der Waals surface area contributed by atoms with E-state index in [-0.39, 0.29) is 6.04 Å². The van der Waals surface area contributed by atoms with Crippen molar-refractivity contribution in [3.63, 3.8) is 0 Å². The van der Waals surface area contributed by atoms with Crippen LogP contribution in [-0.2, 0) is 7.05 Å². The topological polar surface area (TPSA) is 39.1 Å². The lowest BCUT2D eigenvalue weighted by Gasteiger charge is -2.20. The summed E-state index contributed by atoms with van der Waals surface area (Å²) in [6, 6.07) is 5.70. The van der Waals surface area contributed by atoms with E-state index in [4.69, 9.17) is 16.3 Å². The van der Waals surface area contributed by atoms with Gasteiger partial charge in [-0.3, -0.25) is 4.68 Å². The number of halogens is 2. The molecule has 0 saturated heterocycles. The number of benzene rings is 1. The molecule has 6 heteroatoms. The largest absolute Gasteiger partial charge is 0.493 e. The molecule has 1 N–H and O–H groups in total. The Bertz CT molecular complexity index is 585. The Kier molecular flexibility index (Phi) is 4.50. The fourth-order valence-corrected chi connectivity index (χ4v) is 3.00. The summed E-state index contributed by atoms with van der Waals surface area (Å²) in [5, 5.41) is 8.22. The lowest BCUT2D eigenvalue weighted by Crippen LogP contribution is -2.21. The molecule has 1 aromatic heterocycles. The maximum atomic E-state index is 5.99. The molecule has 0 saturated carbocycles. The molecule has 0 radical (unpaired) electrons. The van der Waals surface area contributed by atoms with Crippen LogP contribution in [0.2, 0.25) is 5.02 Å². The summed E-state index contributed by atoms with van der Waals surface area (Å²) in [5.41, 5.74) is 2.04. The van der Waals surface area contributed by atoms with Crippen molar-refractivity contribution >= 4 is 27.5 Å². The van der Waals surface area contributed by atoms with Gasteiger partial charge < -0.3 is 10.1 Å². The average Bonchev–Trinajstić information content (AvgIpc) is 2.74. The molecule has 0 spiro atoms. The molecule has 1 heterocycles. The summed E-state index contributed by atoms with van der Waals surface area (Å²) < 4.78 is 8.12. The van der Waals surface area contributed by atoms with E-state index in [1.54, 1.807) is 18.0 Å². The highest BCUT2D eigenvalue weighted by Gasteiger charge is 2.22. The number of methoxy groups -OCH3 is 1. The SMILES string of the molecule is CNC(c1ccc(Cl)cc1Br)c1c(OC)cnn1C. The van der Waals surface area contributed by atoms with Gasteiger partial charge in [-0.15, -0.1) is 0 Å². The minimum atomic E-state index is -0.0332. The standard InChI is InChI=1S/C13H15BrClN3O/c1-16-12(9-5-4-8(15)6-10(9)14)13-11(19-3)7-17-18(13)2/h4-7,12,16H,1-3H3. The summed E-state index contributed by atoms with van der Waals surface area (Å²) in [6.45, 7) is 0. The number of ether oxygens (including phenoxy) is 1. The van der Waals surface area contributed by atoms with E-state index in [0.717, 1.165) is 21.5 Å². The van der Waals surface area contributed by atoms with E-state index < -0.39 is 0 Å². The van der Waals surface area contributed by atoms with E-state index in [2.05, 4.69) is 26.3 Å². The molecular formula is C13H15BrClN3O. The van der Waals surface area contributed by atoms with Crippen LogP contribution in [0.15, 0.2) is 28.9 Å². The Balaban J connectivity index is 2.52. The van der Waals surface area contributed by atoms with Crippen molar-refractivity contribution in [2.75, 3.05) is 14.2 Å². The number of nitrogens with zero attached hydrogens (tertiary/aromatic N) is 2. The fraction of sp³-hybridized carbons (Fsp3) is 0.308. The molecule has 0 aliphatic rings. The van der Waals surface area contributed by atoms with Gasteiger partial charge in [0.25, 0.3) is 0 Å². The maximum absolute atomic E-state index is 5.99. The van der Waals surface area contributed by atoms with Gasteiger partial charge in [-0.1, -0.05) is 33.6 Å². The van der Waals surface area contributed by atoms with Gasteiger partial charge in [0.15, 0.2) is 5.75 Å². The zero-order chi connectivity index (χ0) is 14.0.